The van der Waals surface area contributed by atoms with Gasteiger partial charge in [0.15, 0.2) is 0 Å². The molecule has 2 amide bonds. The van der Waals surface area contributed by atoms with Crippen LogP contribution in [0.15, 0.2) is 59.2 Å². The van der Waals surface area contributed by atoms with Crippen molar-refractivity contribution in [3.8, 4) is 5.75 Å². The maximum Gasteiger partial charge on any atom is 0.316 e. The van der Waals surface area contributed by atoms with E-state index in [0.29, 0.717) is 27.6 Å². The van der Waals surface area contributed by atoms with Crippen molar-refractivity contribution < 1.29 is 9.53 Å². The molecule has 9 heteroatoms. The molecule has 0 aliphatic rings. The third-order valence-corrected chi connectivity index (χ3v) is 4.06. The van der Waals surface area contributed by atoms with Gasteiger partial charge < -0.3 is 26.4 Å². The Labute approximate surface area is 164 Å². The van der Waals surface area contributed by atoms with Crippen LogP contribution in [0.1, 0.15) is 0 Å². The highest BCUT2D eigenvalue weighted by Crippen LogP contribution is 2.26. The van der Waals surface area contributed by atoms with Crippen molar-refractivity contribution in [1.29, 1.82) is 0 Å². The first-order chi connectivity index (χ1) is 13.0. The Balaban J connectivity index is 1.77. The van der Waals surface area contributed by atoms with E-state index in [1.54, 1.807) is 31.5 Å². The lowest BCUT2D eigenvalue weighted by Crippen LogP contribution is -2.19. The zero-order chi connectivity index (χ0) is 19.2. The topological polar surface area (TPSA) is 114 Å². The molecule has 0 aliphatic carbocycles. The summed E-state index contributed by atoms with van der Waals surface area (Å²) in [5.74, 6) is 1.77. The molecule has 0 fully saturated rings. The molecule has 0 aliphatic heterocycles. The number of ether oxygens (including phenoxy) is 1. The fourth-order valence-electron chi connectivity index (χ4n) is 2.27. The molecule has 1 aromatic heterocycles. The average molecular weight is 429 g/mol. The fourth-order valence-corrected chi connectivity index (χ4v) is 2.56. The summed E-state index contributed by atoms with van der Waals surface area (Å²) >= 11 is 3.44. The van der Waals surface area contributed by atoms with Gasteiger partial charge in [0.2, 0.25) is 5.95 Å². The molecule has 0 spiro atoms. The monoisotopic (exact) mass is 428 g/mol. The molecule has 1 heterocycles. The highest BCUT2D eigenvalue weighted by Gasteiger charge is 2.07. The number of aromatic nitrogens is 2. The highest BCUT2D eigenvalue weighted by molar-refractivity contribution is 9.10. The predicted octanol–water partition coefficient (Wildman–Crippen LogP) is 4.23. The molecule has 0 saturated heterocycles. The van der Waals surface area contributed by atoms with Crippen LogP contribution in [0, 0.1) is 0 Å². The molecule has 2 aromatic carbocycles. The first-order valence-electron chi connectivity index (χ1n) is 7.90. The van der Waals surface area contributed by atoms with E-state index < -0.39 is 6.03 Å². The predicted molar refractivity (Wildman–Crippen MR) is 109 cm³/mol. The van der Waals surface area contributed by atoms with Gasteiger partial charge in [-0.05, 0) is 58.4 Å². The van der Waals surface area contributed by atoms with Crippen molar-refractivity contribution in [1.82, 2.24) is 9.97 Å². The number of carbonyl (C=O) groups is 1. The van der Waals surface area contributed by atoms with Crippen LogP contribution in [0.25, 0.3) is 0 Å². The Morgan fingerprint density at radius 3 is 2.52 bits per heavy atom. The number of hydrogen-bond donors (Lipinski definition) is 4. The summed E-state index contributed by atoms with van der Waals surface area (Å²) in [5.41, 5.74) is 7.27. The molecule has 0 unspecified atom stereocenters. The molecular weight excluding hydrogens is 412 g/mol. The summed E-state index contributed by atoms with van der Waals surface area (Å²) in [6.45, 7) is 0. The largest absolute Gasteiger partial charge is 0.497 e. The van der Waals surface area contributed by atoms with Crippen molar-refractivity contribution in [2.75, 3.05) is 23.1 Å². The Kier molecular flexibility index (Phi) is 5.72. The van der Waals surface area contributed by atoms with Gasteiger partial charge >= 0.3 is 6.03 Å². The Morgan fingerprint density at radius 2 is 1.81 bits per heavy atom. The number of benzene rings is 2. The zero-order valence-corrected chi connectivity index (χ0v) is 15.9. The number of nitrogens with zero attached hydrogens (tertiary/aromatic N) is 2. The van der Waals surface area contributed by atoms with E-state index >= 15 is 0 Å². The van der Waals surface area contributed by atoms with Crippen molar-refractivity contribution in [2.45, 2.75) is 0 Å². The maximum atomic E-state index is 11.0. The number of halogens is 1. The highest BCUT2D eigenvalue weighted by atomic mass is 79.9. The van der Waals surface area contributed by atoms with Gasteiger partial charge in [0, 0.05) is 23.3 Å². The van der Waals surface area contributed by atoms with Crippen LogP contribution in [0.4, 0.5) is 33.6 Å². The van der Waals surface area contributed by atoms with E-state index in [4.69, 9.17) is 10.5 Å². The third-order valence-electron chi connectivity index (χ3n) is 3.48. The number of rotatable bonds is 6. The van der Waals surface area contributed by atoms with Gasteiger partial charge in [-0.2, -0.15) is 4.98 Å². The van der Waals surface area contributed by atoms with Gasteiger partial charge in [-0.1, -0.05) is 6.07 Å². The van der Waals surface area contributed by atoms with E-state index in [2.05, 4.69) is 41.8 Å². The third kappa shape index (κ3) is 5.08. The van der Waals surface area contributed by atoms with E-state index in [0.717, 1.165) is 11.4 Å². The number of amides is 2. The minimum atomic E-state index is -0.627. The summed E-state index contributed by atoms with van der Waals surface area (Å²) in [6.07, 6.45) is 1.65. The van der Waals surface area contributed by atoms with E-state index in [9.17, 15) is 4.79 Å². The number of nitrogens with one attached hydrogen (secondary N) is 3. The van der Waals surface area contributed by atoms with E-state index in [1.165, 1.54) is 0 Å². The van der Waals surface area contributed by atoms with Gasteiger partial charge in [-0.15, -0.1) is 0 Å². The van der Waals surface area contributed by atoms with Crippen LogP contribution in [0.3, 0.4) is 0 Å². The summed E-state index contributed by atoms with van der Waals surface area (Å²) in [7, 11) is 1.62. The second kappa shape index (κ2) is 8.37. The number of urea groups is 1. The van der Waals surface area contributed by atoms with Gasteiger partial charge in [0.25, 0.3) is 0 Å². The molecule has 0 atom stereocenters. The van der Waals surface area contributed by atoms with Crippen LogP contribution in [-0.2, 0) is 0 Å². The molecule has 3 rings (SSSR count). The van der Waals surface area contributed by atoms with Crippen LogP contribution < -0.4 is 26.4 Å². The minimum Gasteiger partial charge on any atom is -0.497 e. The number of hydrogen-bond acceptors (Lipinski definition) is 6. The number of methoxy groups -OCH3 is 1. The first-order valence-corrected chi connectivity index (χ1v) is 8.70. The molecule has 138 valence electrons. The second-order valence-corrected chi connectivity index (χ2v) is 6.29. The smallest absolute Gasteiger partial charge is 0.316 e. The molecule has 0 radical (unpaired) electrons. The molecule has 5 N–H and O–H groups in total. The van der Waals surface area contributed by atoms with Gasteiger partial charge in [-0.3, -0.25) is 0 Å². The molecular formula is C18H17BrN6O2. The summed E-state index contributed by atoms with van der Waals surface area (Å²) in [5, 5.41) is 8.84. The first kappa shape index (κ1) is 18.5. The lowest BCUT2D eigenvalue weighted by atomic mass is 10.3. The molecule has 3 aromatic rings. The van der Waals surface area contributed by atoms with Crippen molar-refractivity contribution in [3.63, 3.8) is 0 Å². The lowest BCUT2D eigenvalue weighted by molar-refractivity contribution is 0.259. The summed E-state index contributed by atoms with van der Waals surface area (Å²) in [6, 6.07) is 13.9. The lowest BCUT2D eigenvalue weighted by Gasteiger charge is -2.11. The normalized spacial score (nSPS) is 10.1. The minimum absolute atomic E-state index is 0.394. The Hall–Kier alpha value is -3.33. The molecule has 0 saturated carbocycles. The summed E-state index contributed by atoms with van der Waals surface area (Å²) in [4.78, 5) is 19.7. The van der Waals surface area contributed by atoms with Crippen LogP contribution >= 0.6 is 15.9 Å². The van der Waals surface area contributed by atoms with Gasteiger partial charge in [0.1, 0.15) is 11.6 Å². The summed E-state index contributed by atoms with van der Waals surface area (Å²) < 4.78 is 5.87. The number of nitrogens with two attached hydrogens (primary N) is 1. The molecule has 8 nitrogen and oxygen atoms in total. The number of anilines is 5. The maximum absolute atomic E-state index is 11.0. The second-order valence-electron chi connectivity index (χ2n) is 5.44. The van der Waals surface area contributed by atoms with Crippen LogP contribution in [0.2, 0.25) is 0 Å². The quantitative estimate of drug-likeness (QED) is 0.467. The fraction of sp³-hybridized carbons (Fsp3) is 0.0556. The standard InChI is InChI=1S/C18H17BrN6O2/c1-27-14-7-5-11(6-8-14)22-16-15(19)10-21-18(25-16)24-13-4-2-3-12(9-13)23-17(20)26/h2-10H,1H3,(H3,20,23,26)(H2,21,22,24,25). The van der Waals surface area contributed by atoms with E-state index in [1.807, 2.05) is 30.3 Å². The van der Waals surface area contributed by atoms with Crippen molar-refractivity contribution in [3.05, 3.63) is 59.2 Å². The zero-order valence-electron chi connectivity index (χ0n) is 14.4. The van der Waals surface area contributed by atoms with Crippen molar-refractivity contribution in [2.24, 2.45) is 5.73 Å². The Bertz CT molecular complexity index is 949. The average Bonchev–Trinajstić information content (AvgIpc) is 2.65. The SMILES string of the molecule is COc1ccc(Nc2nc(Nc3cccc(NC(N)=O)c3)ncc2Br)cc1. The van der Waals surface area contributed by atoms with Gasteiger partial charge in [-0.25, -0.2) is 9.78 Å². The van der Waals surface area contributed by atoms with Crippen LogP contribution in [-0.4, -0.2) is 23.1 Å². The van der Waals surface area contributed by atoms with E-state index in [-0.39, 0.29) is 0 Å². The van der Waals surface area contributed by atoms with Gasteiger partial charge in [0.05, 0.1) is 11.6 Å². The molecule has 0 bridgehead atoms. The van der Waals surface area contributed by atoms with Crippen molar-refractivity contribution >= 4 is 50.8 Å². The number of carbonyl (C=O) groups excluding carboxylic acids is 1. The number of primary amides is 1. The molecule has 27 heavy (non-hydrogen) atoms. The van der Waals surface area contributed by atoms with Crippen LogP contribution in [0.5, 0.6) is 5.75 Å². The Morgan fingerprint density at radius 1 is 1.07 bits per heavy atom.